The highest BCUT2D eigenvalue weighted by Gasteiger charge is 2.44. The van der Waals surface area contributed by atoms with Crippen molar-refractivity contribution in [1.82, 2.24) is 0 Å². The minimum Gasteiger partial charge on any atom is -0.469 e. The summed E-state index contributed by atoms with van der Waals surface area (Å²) in [6.45, 7) is -1.13. The van der Waals surface area contributed by atoms with Gasteiger partial charge in [0.2, 0.25) is 0 Å². The van der Waals surface area contributed by atoms with Crippen LogP contribution in [0.1, 0.15) is 19.3 Å². The number of Topliss-reactive ketones (excluding diaryl/α,β-unsaturated/α-hetero) is 1. The number of nitrogens with zero attached hydrogens (tertiary/aromatic N) is 3. The average molecular weight is 331 g/mol. The Bertz CT molecular complexity index is 476. The van der Waals surface area contributed by atoms with E-state index in [1.165, 1.54) is 14.2 Å². The van der Waals surface area contributed by atoms with Gasteiger partial charge < -0.3 is 19.3 Å². The molecule has 0 heterocycles. The van der Waals surface area contributed by atoms with Crippen LogP contribution in [0.2, 0.25) is 0 Å². The van der Waals surface area contributed by atoms with Crippen molar-refractivity contribution in [2.45, 2.75) is 24.9 Å². The van der Waals surface area contributed by atoms with Gasteiger partial charge in [-0.1, -0.05) is 5.11 Å². The number of ketones is 1. The Kier molecular flexibility index (Phi) is 9.56. The Morgan fingerprint density at radius 1 is 1.22 bits per heavy atom. The first kappa shape index (κ1) is 20.8. The molecule has 2 atom stereocenters. The molecule has 0 aromatic heterocycles. The molecule has 10 heteroatoms. The number of aliphatic hydroxyl groups excluding tert-OH is 1. The van der Waals surface area contributed by atoms with Crippen LogP contribution in [-0.2, 0) is 28.6 Å². The van der Waals surface area contributed by atoms with E-state index in [-0.39, 0.29) is 25.8 Å². The standard InChI is InChI=1S/C13H21N3O7/c1-21-11(19)4-5-13(23-3,8-15-16-14)9(10(18)7-17)6-12(20)22-2/h9,17H,4-8H2,1-3H3. The first-order valence-electron chi connectivity index (χ1n) is 6.74. The molecule has 130 valence electrons. The maximum Gasteiger partial charge on any atom is 0.306 e. The van der Waals surface area contributed by atoms with Gasteiger partial charge in [-0.3, -0.25) is 14.4 Å². The number of methoxy groups -OCH3 is 3. The van der Waals surface area contributed by atoms with Crippen molar-refractivity contribution in [1.29, 1.82) is 0 Å². The summed E-state index contributed by atoms with van der Waals surface area (Å²) < 4.78 is 14.4. The number of aliphatic hydroxyl groups is 1. The van der Waals surface area contributed by atoms with Crippen LogP contribution in [0, 0.1) is 5.92 Å². The van der Waals surface area contributed by atoms with Gasteiger partial charge in [-0.15, -0.1) is 0 Å². The second kappa shape index (κ2) is 10.5. The number of esters is 2. The van der Waals surface area contributed by atoms with Gasteiger partial charge in [0.15, 0.2) is 5.78 Å². The van der Waals surface area contributed by atoms with E-state index in [1.54, 1.807) is 0 Å². The zero-order valence-corrected chi connectivity index (χ0v) is 13.4. The molecule has 2 unspecified atom stereocenters. The van der Waals surface area contributed by atoms with Crippen LogP contribution in [0.3, 0.4) is 0 Å². The number of carbonyl (C=O) groups excluding carboxylic acids is 3. The third-order valence-electron chi connectivity index (χ3n) is 3.57. The van der Waals surface area contributed by atoms with Crippen LogP contribution in [0.4, 0.5) is 0 Å². The summed E-state index contributed by atoms with van der Waals surface area (Å²) >= 11 is 0. The predicted molar refractivity (Wildman–Crippen MR) is 77.2 cm³/mol. The molecule has 0 aromatic carbocycles. The molecule has 0 spiro atoms. The Morgan fingerprint density at radius 2 is 1.83 bits per heavy atom. The molecule has 0 rings (SSSR count). The smallest absolute Gasteiger partial charge is 0.306 e. The van der Waals surface area contributed by atoms with Crippen molar-refractivity contribution in [2.75, 3.05) is 34.5 Å². The molecule has 0 bridgehead atoms. The maximum atomic E-state index is 12.1. The summed E-state index contributed by atoms with van der Waals surface area (Å²) in [5.74, 6) is -3.08. The van der Waals surface area contributed by atoms with Crippen molar-refractivity contribution >= 4 is 17.7 Å². The number of ether oxygens (including phenoxy) is 3. The molecule has 0 aliphatic rings. The van der Waals surface area contributed by atoms with Crippen LogP contribution >= 0.6 is 0 Å². The first-order chi connectivity index (χ1) is 10.9. The van der Waals surface area contributed by atoms with Crippen LogP contribution < -0.4 is 0 Å². The number of carbonyl (C=O) groups is 3. The fourth-order valence-electron chi connectivity index (χ4n) is 2.19. The third-order valence-corrected chi connectivity index (χ3v) is 3.57. The monoisotopic (exact) mass is 331 g/mol. The quantitative estimate of drug-likeness (QED) is 0.249. The Hall–Kier alpha value is -2.16. The topological polar surface area (TPSA) is 148 Å². The molecular formula is C13H21N3O7. The zero-order chi connectivity index (χ0) is 17.9. The van der Waals surface area contributed by atoms with E-state index in [2.05, 4.69) is 19.5 Å². The number of hydrogen-bond donors (Lipinski definition) is 1. The molecule has 0 saturated carbocycles. The molecule has 0 fully saturated rings. The fraction of sp³-hybridized carbons (Fsp3) is 0.769. The largest absolute Gasteiger partial charge is 0.469 e. The molecule has 1 N–H and O–H groups in total. The van der Waals surface area contributed by atoms with E-state index >= 15 is 0 Å². The summed E-state index contributed by atoms with van der Waals surface area (Å²) in [5.41, 5.74) is 7.10. The third kappa shape index (κ3) is 6.23. The van der Waals surface area contributed by atoms with Gasteiger partial charge in [-0.2, -0.15) is 0 Å². The molecule has 0 saturated heterocycles. The van der Waals surface area contributed by atoms with Gasteiger partial charge in [0.25, 0.3) is 0 Å². The van der Waals surface area contributed by atoms with Crippen molar-refractivity contribution in [3.05, 3.63) is 10.4 Å². The van der Waals surface area contributed by atoms with Crippen molar-refractivity contribution in [3.8, 4) is 0 Å². The summed E-state index contributed by atoms with van der Waals surface area (Å²) in [5, 5.41) is 12.6. The van der Waals surface area contributed by atoms with Gasteiger partial charge >= 0.3 is 11.9 Å². The highest BCUT2D eigenvalue weighted by molar-refractivity contribution is 5.87. The summed E-state index contributed by atoms with van der Waals surface area (Å²) in [6.07, 6.45) is -0.546. The van der Waals surface area contributed by atoms with Gasteiger partial charge in [0.1, 0.15) is 6.61 Å². The first-order valence-corrected chi connectivity index (χ1v) is 6.74. The lowest BCUT2D eigenvalue weighted by Crippen LogP contribution is -2.49. The van der Waals surface area contributed by atoms with Crippen molar-refractivity contribution in [3.63, 3.8) is 0 Å². The molecule has 0 aliphatic carbocycles. The SMILES string of the molecule is COC(=O)CCC(CN=[N+]=[N-])(OC)C(CC(=O)OC)C(=O)CO. The number of azide groups is 1. The summed E-state index contributed by atoms with van der Waals surface area (Å²) in [6, 6.07) is 0. The van der Waals surface area contributed by atoms with Crippen molar-refractivity contribution in [2.24, 2.45) is 11.0 Å². The van der Waals surface area contributed by atoms with E-state index in [0.717, 1.165) is 7.11 Å². The maximum absolute atomic E-state index is 12.1. The normalized spacial score (nSPS) is 14.1. The molecule has 0 amide bonds. The van der Waals surface area contributed by atoms with E-state index in [4.69, 9.17) is 15.4 Å². The number of rotatable bonds is 11. The fourth-order valence-corrected chi connectivity index (χ4v) is 2.19. The second-order valence-corrected chi connectivity index (χ2v) is 4.69. The second-order valence-electron chi connectivity index (χ2n) is 4.69. The lowest BCUT2D eigenvalue weighted by atomic mass is 9.78. The van der Waals surface area contributed by atoms with Gasteiger partial charge in [-0.25, -0.2) is 0 Å². The van der Waals surface area contributed by atoms with E-state index in [1.807, 2.05) is 0 Å². The zero-order valence-electron chi connectivity index (χ0n) is 13.4. The van der Waals surface area contributed by atoms with Crippen LogP contribution in [0.15, 0.2) is 5.11 Å². The molecule has 10 nitrogen and oxygen atoms in total. The number of hydrogen-bond acceptors (Lipinski definition) is 8. The van der Waals surface area contributed by atoms with Gasteiger partial charge in [0, 0.05) is 18.4 Å². The lowest BCUT2D eigenvalue weighted by molar-refractivity contribution is -0.155. The highest BCUT2D eigenvalue weighted by Crippen LogP contribution is 2.32. The van der Waals surface area contributed by atoms with E-state index in [0.29, 0.717) is 0 Å². The minimum atomic E-state index is -1.44. The Labute approximate surface area is 133 Å². The van der Waals surface area contributed by atoms with Gasteiger partial charge in [-0.05, 0) is 12.0 Å². The van der Waals surface area contributed by atoms with Crippen LogP contribution in [0.5, 0.6) is 0 Å². The molecule has 0 aromatic rings. The van der Waals surface area contributed by atoms with Crippen LogP contribution in [0.25, 0.3) is 10.4 Å². The minimum absolute atomic E-state index is 0.0391. The van der Waals surface area contributed by atoms with Gasteiger partial charge in [0.05, 0.1) is 38.7 Å². The lowest BCUT2D eigenvalue weighted by Gasteiger charge is -2.37. The Morgan fingerprint density at radius 3 is 2.26 bits per heavy atom. The van der Waals surface area contributed by atoms with E-state index < -0.39 is 35.8 Å². The van der Waals surface area contributed by atoms with Crippen LogP contribution in [-0.4, -0.2) is 62.9 Å². The predicted octanol–water partition coefficient (Wildman–Crippen LogP) is 0.376. The molecule has 0 radical (unpaired) electrons. The van der Waals surface area contributed by atoms with Crippen molar-refractivity contribution < 1.29 is 33.7 Å². The molecular weight excluding hydrogens is 310 g/mol. The summed E-state index contributed by atoms with van der Waals surface area (Å²) in [4.78, 5) is 37.6. The summed E-state index contributed by atoms with van der Waals surface area (Å²) in [7, 11) is 3.62. The molecule has 23 heavy (non-hydrogen) atoms. The highest BCUT2D eigenvalue weighted by atomic mass is 16.5. The van der Waals surface area contributed by atoms with E-state index in [9.17, 15) is 14.4 Å². The Balaban J connectivity index is 5.65. The molecule has 0 aliphatic heterocycles. The average Bonchev–Trinajstić information content (AvgIpc) is 2.59.